The van der Waals surface area contributed by atoms with Crippen molar-refractivity contribution in [3.8, 4) is 22.7 Å². The molecule has 2 heterocycles. The second kappa shape index (κ2) is 10.5. The first kappa shape index (κ1) is 25.3. The Balaban J connectivity index is 1.75. The van der Waals surface area contributed by atoms with E-state index < -0.39 is 35.4 Å². The molecule has 2 N–H and O–H groups in total. The second-order valence-corrected chi connectivity index (χ2v) is 8.10. The Morgan fingerprint density at radius 1 is 1.22 bits per heavy atom. The van der Waals surface area contributed by atoms with Crippen LogP contribution in [0.15, 0.2) is 59.4 Å². The number of halogens is 4. The normalized spacial score (nSPS) is 16.5. The Labute approximate surface area is 202 Å². The smallest absolute Gasteiger partial charge is 0.406 e. The van der Waals surface area contributed by atoms with Gasteiger partial charge < -0.3 is 19.9 Å². The van der Waals surface area contributed by atoms with Gasteiger partial charge in [0.15, 0.2) is 0 Å². The summed E-state index contributed by atoms with van der Waals surface area (Å²) in [6.07, 6.45) is -4.25. The van der Waals surface area contributed by atoms with E-state index in [-0.39, 0.29) is 35.0 Å². The molecular formula is C24H21F4N3O5. The largest absolute Gasteiger partial charge is 0.573 e. The van der Waals surface area contributed by atoms with E-state index in [4.69, 9.17) is 4.74 Å². The van der Waals surface area contributed by atoms with Crippen LogP contribution in [0.4, 0.5) is 17.6 Å². The van der Waals surface area contributed by atoms with E-state index in [2.05, 4.69) is 15.2 Å². The molecule has 0 unspecified atom stereocenters. The van der Waals surface area contributed by atoms with Gasteiger partial charge in [0.05, 0.1) is 30.6 Å². The molecule has 1 aliphatic rings. The second-order valence-electron chi connectivity index (χ2n) is 8.10. The number of aromatic nitrogens is 2. The third-order valence-corrected chi connectivity index (χ3v) is 5.64. The molecule has 2 atom stereocenters. The van der Waals surface area contributed by atoms with Gasteiger partial charge in [-0.3, -0.25) is 9.59 Å². The Hall–Kier alpha value is -3.77. The zero-order valence-electron chi connectivity index (χ0n) is 18.7. The average molecular weight is 507 g/mol. The van der Waals surface area contributed by atoms with E-state index in [1.807, 2.05) is 0 Å². The average Bonchev–Trinajstić information content (AvgIpc) is 3.37. The topological polar surface area (TPSA) is 103 Å². The maximum absolute atomic E-state index is 13.9. The van der Waals surface area contributed by atoms with Crippen LogP contribution in [-0.2, 0) is 4.74 Å². The molecule has 8 nitrogen and oxygen atoms in total. The summed E-state index contributed by atoms with van der Waals surface area (Å²) in [5.41, 5.74) is -0.828. The van der Waals surface area contributed by atoms with Crippen molar-refractivity contribution in [2.45, 2.75) is 18.8 Å². The molecular weight excluding hydrogens is 486 g/mol. The summed E-state index contributed by atoms with van der Waals surface area (Å²) in [5.74, 6) is -2.05. The van der Waals surface area contributed by atoms with Gasteiger partial charge in [0, 0.05) is 18.1 Å². The van der Waals surface area contributed by atoms with Crippen LogP contribution in [0.1, 0.15) is 16.8 Å². The zero-order chi connectivity index (χ0) is 25.9. The predicted octanol–water partition coefficient (Wildman–Crippen LogP) is 3.06. The van der Waals surface area contributed by atoms with Crippen molar-refractivity contribution >= 4 is 5.91 Å². The Bertz CT molecular complexity index is 1290. The van der Waals surface area contributed by atoms with Gasteiger partial charge >= 0.3 is 6.36 Å². The van der Waals surface area contributed by atoms with Crippen LogP contribution in [0, 0.1) is 11.7 Å². The molecule has 0 aliphatic carbocycles. The molecule has 1 saturated heterocycles. The Kier molecular flexibility index (Phi) is 7.36. The number of benzene rings is 2. The fourth-order valence-electron chi connectivity index (χ4n) is 3.84. The number of nitrogens with one attached hydrogen (secondary N) is 1. The van der Waals surface area contributed by atoms with Crippen LogP contribution in [-0.4, -0.2) is 53.0 Å². The Morgan fingerprint density at radius 2 is 1.97 bits per heavy atom. The molecule has 190 valence electrons. The molecule has 1 fully saturated rings. The van der Waals surface area contributed by atoms with E-state index in [0.29, 0.717) is 19.6 Å². The van der Waals surface area contributed by atoms with Crippen LogP contribution in [0.25, 0.3) is 16.9 Å². The van der Waals surface area contributed by atoms with Crippen LogP contribution < -0.4 is 15.6 Å². The molecule has 36 heavy (non-hydrogen) atoms. The summed E-state index contributed by atoms with van der Waals surface area (Å²) in [5, 5.41) is 16.6. The Morgan fingerprint density at radius 3 is 2.58 bits per heavy atom. The third-order valence-electron chi connectivity index (χ3n) is 5.64. The summed E-state index contributed by atoms with van der Waals surface area (Å²) >= 11 is 0. The standard InChI is InChI=1S/C24H21F4N3O5/c25-16-2-1-3-17(10-16)31-23(34)19(22(33)29-21(12-32)15-8-9-35-13-15)11-20(30-31)14-4-6-18(7-5-14)36-24(26,27)28/h1-7,10-11,15,21,32H,8-9,12-13H2,(H,29,33)/t15-,21-/m1/s1. The number of hydrogen-bond acceptors (Lipinski definition) is 6. The molecule has 0 spiro atoms. The van der Waals surface area contributed by atoms with Crippen molar-refractivity contribution < 1.29 is 36.9 Å². The van der Waals surface area contributed by atoms with Crippen LogP contribution in [0.3, 0.4) is 0 Å². The van der Waals surface area contributed by atoms with Gasteiger partial charge in [0.2, 0.25) is 0 Å². The number of amides is 1. The summed E-state index contributed by atoms with van der Waals surface area (Å²) in [6.45, 7) is 0.445. The van der Waals surface area contributed by atoms with Crippen LogP contribution >= 0.6 is 0 Å². The lowest BCUT2D eigenvalue weighted by Crippen LogP contribution is -2.45. The monoisotopic (exact) mass is 507 g/mol. The lowest BCUT2D eigenvalue weighted by molar-refractivity contribution is -0.274. The number of aliphatic hydroxyl groups is 1. The number of ether oxygens (including phenoxy) is 2. The number of hydrogen-bond donors (Lipinski definition) is 2. The highest BCUT2D eigenvalue weighted by atomic mass is 19.4. The predicted molar refractivity (Wildman–Crippen MR) is 119 cm³/mol. The fourth-order valence-corrected chi connectivity index (χ4v) is 3.84. The summed E-state index contributed by atoms with van der Waals surface area (Å²) in [6, 6.07) is 10.2. The zero-order valence-corrected chi connectivity index (χ0v) is 18.7. The van der Waals surface area contributed by atoms with Crippen molar-refractivity contribution in [3.63, 3.8) is 0 Å². The molecule has 0 radical (unpaired) electrons. The number of carbonyl (C=O) groups is 1. The van der Waals surface area contributed by atoms with Gasteiger partial charge in [-0.05, 0) is 55.0 Å². The summed E-state index contributed by atoms with van der Waals surface area (Å²) in [4.78, 5) is 26.3. The minimum atomic E-state index is -4.87. The van der Waals surface area contributed by atoms with E-state index in [9.17, 15) is 32.3 Å². The molecule has 2 aromatic carbocycles. The summed E-state index contributed by atoms with van der Waals surface area (Å²) in [7, 11) is 0. The lowest BCUT2D eigenvalue weighted by atomic mass is 9.99. The highest BCUT2D eigenvalue weighted by Gasteiger charge is 2.31. The molecule has 0 saturated carbocycles. The maximum Gasteiger partial charge on any atom is 0.573 e. The number of alkyl halides is 3. The quantitative estimate of drug-likeness (QED) is 0.477. The molecule has 3 aromatic rings. The maximum atomic E-state index is 13.9. The molecule has 0 bridgehead atoms. The highest BCUT2D eigenvalue weighted by molar-refractivity contribution is 5.95. The minimum Gasteiger partial charge on any atom is -0.406 e. The molecule has 1 amide bonds. The van der Waals surface area contributed by atoms with Gasteiger partial charge in [0.1, 0.15) is 17.1 Å². The first-order valence-corrected chi connectivity index (χ1v) is 10.9. The highest BCUT2D eigenvalue weighted by Crippen LogP contribution is 2.26. The minimum absolute atomic E-state index is 0.0378. The van der Waals surface area contributed by atoms with Crippen molar-refractivity contribution in [1.29, 1.82) is 0 Å². The van der Waals surface area contributed by atoms with Crippen molar-refractivity contribution in [2.24, 2.45) is 5.92 Å². The number of carbonyl (C=O) groups excluding carboxylic acids is 1. The van der Waals surface area contributed by atoms with Crippen LogP contribution in [0.2, 0.25) is 0 Å². The first-order chi connectivity index (χ1) is 17.1. The van der Waals surface area contributed by atoms with E-state index >= 15 is 0 Å². The molecule has 4 rings (SSSR count). The van der Waals surface area contributed by atoms with Crippen molar-refractivity contribution in [3.05, 3.63) is 76.3 Å². The van der Waals surface area contributed by atoms with Gasteiger partial charge in [-0.2, -0.15) is 9.78 Å². The van der Waals surface area contributed by atoms with E-state index in [0.717, 1.165) is 22.9 Å². The molecule has 1 aliphatic heterocycles. The lowest BCUT2D eigenvalue weighted by Gasteiger charge is -2.21. The van der Waals surface area contributed by atoms with E-state index in [1.54, 1.807) is 0 Å². The van der Waals surface area contributed by atoms with Crippen molar-refractivity contribution in [1.82, 2.24) is 15.1 Å². The fraction of sp³-hybridized carbons (Fsp3) is 0.292. The molecule has 12 heteroatoms. The number of nitrogens with zero attached hydrogens (tertiary/aromatic N) is 2. The van der Waals surface area contributed by atoms with Gasteiger partial charge in [-0.25, -0.2) is 4.39 Å². The number of aliphatic hydroxyl groups excluding tert-OH is 1. The van der Waals surface area contributed by atoms with E-state index in [1.165, 1.54) is 36.4 Å². The summed E-state index contributed by atoms with van der Waals surface area (Å²) < 4.78 is 61.4. The first-order valence-electron chi connectivity index (χ1n) is 10.9. The van der Waals surface area contributed by atoms with Gasteiger partial charge in [-0.15, -0.1) is 13.2 Å². The molecule has 1 aromatic heterocycles. The SMILES string of the molecule is O=C(N[C@H](CO)[C@@H]1CCOC1)c1cc(-c2ccc(OC(F)(F)F)cc2)nn(-c2cccc(F)c2)c1=O. The van der Waals surface area contributed by atoms with Gasteiger partial charge in [0.25, 0.3) is 11.5 Å². The van der Waals surface area contributed by atoms with Crippen LogP contribution in [0.5, 0.6) is 5.75 Å². The van der Waals surface area contributed by atoms with Gasteiger partial charge in [-0.1, -0.05) is 6.07 Å². The number of rotatable bonds is 7. The third kappa shape index (κ3) is 5.89. The van der Waals surface area contributed by atoms with Crippen molar-refractivity contribution in [2.75, 3.05) is 19.8 Å².